The van der Waals surface area contributed by atoms with Crippen molar-refractivity contribution in [2.45, 2.75) is 90.1 Å². The summed E-state index contributed by atoms with van der Waals surface area (Å²) < 4.78 is 4.74. The minimum absolute atomic E-state index is 0.192. The molecule has 0 aliphatic rings. The molecular formula is C23H40O4. The number of allylic oxidation sites excluding steroid dienone is 5. The van der Waals surface area contributed by atoms with E-state index in [4.69, 9.17) is 14.9 Å². The molecule has 0 rings (SSSR count). The van der Waals surface area contributed by atoms with Crippen molar-refractivity contribution in [2.75, 3.05) is 13.2 Å². The van der Waals surface area contributed by atoms with Crippen LogP contribution in [-0.4, -0.2) is 35.5 Å². The van der Waals surface area contributed by atoms with Gasteiger partial charge in [0.15, 0.2) is 0 Å². The molecule has 4 heteroatoms. The third-order valence-corrected chi connectivity index (χ3v) is 4.30. The lowest BCUT2D eigenvalue weighted by Gasteiger charge is -2.05. The van der Waals surface area contributed by atoms with Gasteiger partial charge in [0.25, 0.3) is 0 Å². The molecule has 4 nitrogen and oxygen atoms in total. The predicted octanol–water partition coefficient (Wildman–Crippen LogP) is 5.25. The molecular weight excluding hydrogens is 340 g/mol. The van der Waals surface area contributed by atoms with Crippen LogP contribution in [0.25, 0.3) is 0 Å². The third-order valence-electron chi connectivity index (χ3n) is 4.30. The monoisotopic (exact) mass is 380 g/mol. The molecule has 0 aliphatic carbocycles. The Hall–Kier alpha value is -1.39. The Bertz CT molecular complexity index is 413. The van der Waals surface area contributed by atoms with Gasteiger partial charge in [-0.25, -0.2) is 4.79 Å². The zero-order chi connectivity index (χ0) is 20.0. The van der Waals surface area contributed by atoms with Gasteiger partial charge in [0.1, 0.15) is 12.7 Å². The van der Waals surface area contributed by atoms with Crippen molar-refractivity contribution in [3.63, 3.8) is 0 Å². The average molecular weight is 381 g/mol. The zero-order valence-electron chi connectivity index (χ0n) is 17.2. The normalized spacial score (nSPS) is 13.1. The first kappa shape index (κ1) is 25.6. The van der Waals surface area contributed by atoms with Crippen molar-refractivity contribution < 1.29 is 19.7 Å². The summed E-state index contributed by atoms with van der Waals surface area (Å²) in [7, 11) is 0. The molecule has 0 aromatic heterocycles. The Morgan fingerprint density at radius 3 is 2.00 bits per heavy atom. The first-order chi connectivity index (χ1) is 13.2. The Labute approximate surface area is 166 Å². The van der Waals surface area contributed by atoms with E-state index >= 15 is 0 Å². The topological polar surface area (TPSA) is 66.8 Å². The van der Waals surface area contributed by atoms with Crippen LogP contribution >= 0.6 is 0 Å². The van der Waals surface area contributed by atoms with Gasteiger partial charge < -0.3 is 14.9 Å². The highest BCUT2D eigenvalue weighted by Gasteiger charge is 2.04. The number of aliphatic hydroxyl groups is 2. The van der Waals surface area contributed by atoms with Gasteiger partial charge in [-0.2, -0.15) is 0 Å². The van der Waals surface area contributed by atoms with Crippen LogP contribution in [0.3, 0.4) is 0 Å². The summed E-state index contributed by atoms with van der Waals surface area (Å²) in [6.07, 6.45) is 25.7. The molecule has 0 saturated heterocycles. The summed E-state index contributed by atoms with van der Waals surface area (Å²) in [5, 5.41) is 17.7. The maximum atomic E-state index is 11.3. The van der Waals surface area contributed by atoms with Crippen LogP contribution in [0.1, 0.15) is 84.0 Å². The van der Waals surface area contributed by atoms with E-state index in [1.165, 1.54) is 76.7 Å². The molecule has 1 atom stereocenters. The van der Waals surface area contributed by atoms with Crippen LogP contribution in [0.4, 0.5) is 0 Å². The van der Waals surface area contributed by atoms with Crippen LogP contribution in [0.15, 0.2) is 36.5 Å². The number of carbonyl (C=O) groups is 1. The van der Waals surface area contributed by atoms with E-state index in [2.05, 4.69) is 13.0 Å². The highest BCUT2D eigenvalue weighted by atomic mass is 16.5. The first-order valence-corrected chi connectivity index (χ1v) is 10.7. The number of aliphatic hydroxyl groups excluding tert-OH is 2. The fraction of sp³-hybridized carbons (Fsp3) is 0.696. The standard InChI is InChI=1S/C23H40O4/c1-2-3-4-5-6-7-8-9-10-11-12-13-14-15-16-17-18-19-23(26)27-21-22(25)20-24/h14-19,22,24-25H,2-13,20-21H2,1H3/b15-14+,17-16+,19-18+. The van der Waals surface area contributed by atoms with Crippen LogP contribution in [0.5, 0.6) is 0 Å². The molecule has 2 N–H and O–H groups in total. The van der Waals surface area contributed by atoms with Gasteiger partial charge in [-0.1, -0.05) is 102 Å². The summed E-state index contributed by atoms with van der Waals surface area (Å²) in [4.78, 5) is 11.3. The first-order valence-electron chi connectivity index (χ1n) is 10.7. The fourth-order valence-electron chi connectivity index (χ4n) is 2.64. The van der Waals surface area contributed by atoms with Gasteiger partial charge >= 0.3 is 5.97 Å². The van der Waals surface area contributed by atoms with Gasteiger partial charge in [-0.3, -0.25) is 0 Å². The second-order valence-electron chi connectivity index (χ2n) is 6.96. The molecule has 0 amide bonds. The van der Waals surface area contributed by atoms with E-state index in [0.29, 0.717) is 0 Å². The Morgan fingerprint density at radius 1 is 0.852 bits per heavy atom. The molecule has 0 spiro atoms. The van der Waals surface area contributed by atoms with E-state index in [1.54, 1.807) is 12.2 Å². The van der Waals surface area contributed by atoms with E-state index in [9.17, 15) is 4.79 Å². The van der Waals surface area contributed by atoms with Gasteiger partial charge in [-0.05, 0) is 12.8 Å². The number of hydrogen-bond acceptors (Lipinski definition) is 4. The fourth-order valence-corrected chi connectivity index (χ4v) is 2.64. The van der Waals surface area contributed by atoms with Crippen molar-refractivity contribution in [3.8, 4) is 0 Å². The molecule has 0 bridgehead atoms. The minimum Gasteiger partial charge on any atom is -0.460 e. The van der Waals surface area contributed by atoms with Crippen molar-refractivity contribution in [1.82, 2.24) is 0 Å². The maximum Gasteiger partial charge on any atom is 0.330 e. The number of rotatable bonds is 18. The summed E-state index contributed by atoms with van der Waals surface area (Å²) in [6.45, 7) is 1.65. The molecule has 0 aromatic rings. The quantitative estimate of drug-likeness (QED) is 0.147. The van der Waals surface area contributed by atoms with Gasteiger partial charge in [-0.15, -0.1) is 0 Å². The van der Waals surface area contributed by atoms with Crippen molar-refractivity contribution in [3.05, 3.63) is 36.5 Å². The molecule has 1 unspecified atom stereocenters. The van der Waals surface area contributed by atoms with Gasteiger partial charge in [0.2, 0.25) is 0 Å². The van der Waals surface area contributed by atoms with Gasteiger partial charge in [0.05, 0.1) is 6.61 Å². The smallest absolute Gasteiger partial charge is 0.330 e. The molecule has 0 heterocycles. The third kappa shape index (κ3) is 20.8. The lowest BCUT2D eigenvalue weighted by Crippen LogP contribution is -2.21. The van der Waals surface area contributed by atoms with Gasteiger partial charge in [0, 0.05) is 6.08 Å². The van der Waals surface area contributed by atoms with E-state index in [1.807, 2.05) is 12.2 Å². The number of ether oxygens (including phenoxy) is 1. The maximum absolute atomic E-state index is 11.3. The van der Waals surface area contributed by atoms with Crippen molar-refractivity contribution in [1.29, 1.82) is 0 Å². The summed E-state index contributed by atoms with van der Waals surface area (Å²) in [5.74, 6) is -0.530. The Morgan fingerprint density at radius 2 is 1.41 bits per heavy atom. The minimum atomic E-state index is -1.02. The number of carbonyl (C=O) groups excluding carboxylic acids is 1. The highest BCUT2D eigenvalue weighted by molar-refractivity contribution is 5.82. The molecule has 156 valence electrons. The number of hydrogen-bond donors (Lipinski definition) is 2. The Kier molecular flexibility index (Phi) is 19.8. The molecule has 0 fully saturated rings. The SMILES string of the molecule is CCCCCCCCCCCCC/C=C/C=C/C=C/C(=O)OCC(O)CO. The van der Waals surface area contributed by atoms with E-state index in [-0.39, 0.29) is 6.61 Å². The lowest BCUT2D eigenvalue weighted by molar-refractivity contribution is -0.141. The number of esters is 1. The highest BCUT2D eigenvalue weighted by Crippen LogP contribution is 2.11. The van der Waals surface area contributed by atoms with E-state index < -0.39 is 18.7 Å². The zero-order valence-corrected chi connectivity index (χ0v) is 17.2. The molecule has 0 aromatic carbocycles. The number of unbranched alkanes of at least 4 members (excludes halogenated alkanes) is 11. The summed E-state index contributed by atoms with van der Waals surface area (Å²) in [6, 6.07) is 0. The summed E-state index contributed by atoms with van der Waals surface area (Å²) in [5.41, 5.74) is 0. The Balaban J connectivity index is 3.42. The van der Waals surface area contributed by atoms with Crippen LogP contribution in [0.2, 0.25) is 0 Å². The molecule has 0 aliphatic heterocycles. The summed E-state index contributed by atoms with van der Waals surface area (Å²) >= 11 is 0. The molecule has 0 radical (unpaired) electrons. The van der Waals surface area contributed by atoms with Crippen LogP contribution in [-0.2, 0) is 9.53 Å². The predicted molar refractivity (Wildman–Crippen MR) is 113 cm³/mol. The molecule has 0 saturated carbocycles. The second-order valence-corrected chi connectivity index (χ2v) is 6.96. The van der Waals surface area contributed by atoms with E-state index in [0.717, 1.165) is 6.42 Å². The second kappa shape index (κ2) is 20.9. The largest absolute Gasteiger partial charge is 0.460 e. The van der Waals surface area contributed by atoms with Crippen LogP contribution in [0, 0.1) is 0 Å². The lowest BCUT2D eigenvalue weighted by atomic mass is 10.1. The van der Waals surface area contributed by atoms with Crippen LogP contribution < -0.4 is 0 Å². The van der Waals surface area contributed by atoms with Crippen molar-refractivity contribution in [2.24, 2.45) is 0 Å². The van der Waals surface area contributed by atoms with Crippen molar-refractivity contribution >= 4 is 5.97 Å². The molecule has 27 heavy (non-hydrogen) atoms. The average Bonchev–Trinajstić information content (AvgIpc) is 2.68.